The van der Waals surface area contributed by atoms with Crippen molar-refractivity contribution in [3.63, 3.8) is 0 Å². The Morgan fingerprint density at radius 2 is 1.46 bits per heavy atom. The lowest BCUT2D eigenvalue weighted by Gasteiger charge is -2.31. The molecule has 3 nitrogen and oxygen atoms in total. The topological polar surface area (TPSA) is 32.3 Å². The van der Waals surface area contributed by atoms with Crippen molar-refractivity contribution in [1.82, 2.24) is 4.72 Å². The first kappa shape index (κ1) is 20.8. The van der Waals surface area contributed by atoms with Gasteiger partial charge in [-0.15, -0.1) is 0 Å². The predicted octanol–water partition coefficient (Wildman–Crippen LogP) is 4.04. The maximum Gasteiger partial charge on any atom is 0.455 e. The molecular formula is C15H21F5N2OS. The SMILES string of the molecule is CN(C)c1ccc([C@@H](NS(=O)C(C)(C)C)C(F)(F)C(F)(F)F)cc1. The molecule has 138 valence electrons. The van der Waals surface area contributed by atoms with Gasteiger partial charge in [0.15, 0.2) is 0 Å². The molecule has 0 aliphatic heterocycles. The summed E-state index contributed by atoms with van der Waals surface area (Å²) in [7, 11) is 1.32. The van der Waals surface area contributed by atoms with E-state index in [-0.39, 0.29) is 5.56 Å². The smallest absolute Gasteiger partial charge is 0.378 e. The molecule has 1 N–H and O–H groups in total. The van der Waals surface area contributed by atoms with Crippen molar-refractivity contribution in [2.45, 2.75) is 43.7 Å². The Hall–Kier alpha value is -1.22. The van der Waals surface area contributed by atoms with Gasteiger partial charge in [0.1, 0.15) is 6.04 Å². The molecule has 24 heavy (non-hydrogen) atoms. The molecule has 0 saturated heterocycles. The molecule has 1 aromatic rings. The minimum atomic E-state index is -5.77. The third kappa shape index (κ3) is 4.66. The number of hydrogen-bond acceptors (Lipinski definition) is 2. The number of nitrogens with zero attached hydrogens (tertiary/aromatic N) is 1. The standard InChI is InChI=1S/C15H21F5N2OS/c1-13(2,3)24(23)21-12(14(16,17)15(18,19)20)10-6-8-11(9-7-10)22(4)5/h6-9,12,21H,1-5H3/t12-,24?/m1/s1. The number of alkyl halides is 5. The molecule has 0 fully saturated rings. The summed E-state index contributed by atoms with van der Waals surface area (Å²) in [4.78, 5) is 1.68. The van der Waals surface area contributed by atoms with Gasteiger partial charge in [0, 0.05) is 19.8 Å². The van der Waals surface area contributed by atoms with Gasteiger partial charge in [-0.25, -0.2) is 8.93 Å². The highest BCUT2D eigenvalue weighted by Gasteiger charge is 2.63. The zero-order valence-electron chi connectivity index (χ0n) is 14.0. The molecule has 1 rings (SSSR count). The third-order valence-electron chi connectivity index (χ3n) is 3.26. The lowest BCUT2D eigenvalue weighted by atomic mass is 10.0. The van der Waals surface area contributed by atoms with E-state index in [0.717, 1.165) is 0 Å². The average molecular weight is 372 g/mol. The van der Waals surface area contributed by atoms with Gasteiger partial charge in [-0.3, -0.25) is 0 Å². The highest BCUT2D eigenvalue weighted by Crippen LogP contribution is 2.45. The molecule has 0 aromatic heterocycles. The van der Waals surface area contributed by atoms with Gasteiger partial charge in [0.25, 0.3) is 0 Å². The molecule has 0 saturated carbocycles. The molecule has 1 unspecified atom stereocenters. The van der Waals surface area contributed by atoms with E-state index in [1.165, 1.54) is 45.0 Å². The molecule has 9 heteroatoms. The number of nitrogens with one attached hydrogen (secondary N) is 1. The van der Waals surface area contributed by atoms with Crippen LogP contribution in [0.15, 0.2) is 24.3 Å². The van der Waals surface area contributed by atoms with E-state index in [1.807, 2.05) is 4.72 Å². The Kier molecular flexibility index (Phi) is 6.03. The maximum absolute atomic E-state index is 14.0. The zero-order chi connectivity index (χ0) is 18.9. The zero-order valence-corrected chi connectivity index (χ0v) is 14.9. The van der Waals surface area contributed by atoms with Crippen molar-refractivity contribution in [2.24, 2.45) is 0 Å². The normalized spacial score (nSPS) is 15.9. The van der Waals surface area contributed by atoms with Crippen LogP contribution in [0.5, 0.6) is 0 Å². The highest BCUT2D eigenvalue weighted by atomic mass is 32.2. The summed E-state index contributed by atoms with van der Waals surface area (Å²) in [5, 5.41) is 0. The molecule has 0 heterocycles. The fourth-order valence-corrected chi connectivity index (χ4v) is 2.62. The molecule has 0 aliphatic carbocycles. The molecule has 0 spiro atoms. The quantitative estimate of drug-likeness (QED) is 0.791. The van der Waals surface area contributed by atoms with Crippen LogP contribution in [-0.4, -0.2) is 35.2 Å². The molecular weight excluding hydrogens is 351 g/mol. The van der Waals surface area contributed by atoms with Gasteiger partial charge in [-0.1, -0.05) is 12.1 Å². The minimum Gasteiger partial charge on any atom is -0.378 e. The van der Waals surface area contributed by atoms with Gasteiger partial charge in [-0.05, 0) is 38.5 Å². The van der Waals surface area contributed by atoms with Crippen LogP contribution >= 0.6 is 0 Å². The van der Waals surface area contributed by atoms with Crippen molar-refractivity contribution >= 4 is 16.7 Å². The van der Waals surface area contributed by atoms with Crippen molar-refractivity contribution in [3.05, 3.63) is 29.8 Å². The summed E-state index contributed by atoms with van der Waals surface area (Å²) in [5.74, 6) is -5.08. The molecule has 0 radical (unpaired) electrons. The Bertz CT molecular complexity index is 579. The Morgan fingerprint density at radius 3 is 1.79 bits per heavy atom. The van der Waals surface area contributed by atoms with Crippen LogP contribution in [0.25, 0.3) is 0 Å². The number of halogens is 5. The van der Waals surface area contributed by atoms with Crippen LogP contribution in [-0.2, 0) is 11.0 Å². The Morgan fingerprint density at radius 1 is 1.00 bits per heavy atom. The first-order valence-corrected chi connectivity index (χ1v) is 8.23. The minimum absolute atomic E-state index is 0.291. The van der Waals surface area contributed by atoms with Gasteiger partial charge in [0.05, 0.1) is 15.7 Å². The van der Waals surface area contributed by atoms with Crippen LogP contribution in [0.3, 0.4) is 0 Å². The lowest BCUT2D eigenvalue weighted by molar-refractivity contribution is -0.292. The average Bonchev–Trinajstić information content (AvgIpc) is 2.42. The Labute approximate surface area is 140 Å². The van der Waals surface area contributed by atoms with E-state index in [9.17, 15) is 26.2 Å². The van der Waals surface area contributed by atoms with Crippen molar-refractivity contribution in [3.8, 4) is 0 Å². The molecule has 0 bridgehead atoms. The summed E-state index contributed by atoms with van der Waals surface area (Å²) < 4.78 is 79.4. The predicted molar refractivity (Wildman–Crippen MR) is 85.5 cm³/mol. The van der Waals surface area contributed by atoms with Crippen LogP contribution in [0.2, 0.25) is 0 Å². The van der Waals surface area contributed by atoms with Gasteiger partial charge in [-0.2, -0.15) is 22.0 Å². The summed E-state index contributed by atoms with van der Waals surface area (Å²) in [6.45, 7) is 4.44. The van der Waals surface area contributed by atoms with Crippen molar-refractivity contribution in [1.29, 1.82) is 0 Å². The number of hydrogen-bond donors (Lipinski definition) is 1. The summed E-state index contributed by atoms with van der Waals surface area (Å²) in [6.07, 6.45) is -5.77. The van der Waals surface area contributed by atoms with E-state index in [4.69, 9.17) is 0 Å². The molecule has 0 aliphatic rings. The second kappa shape index (κ2) is 6.95. The van der Waals surface area contributed by atoms with Crippen LogP contribution < -0.4 is 9.62 Å². The fraction of sp³-hybridized carbons (Fsp3) is 0.600. The second-order valence-corrected chi connectivity index (χ2v) is 8.54. The summed E-state index contributed by atoms with van der Waals surface area (Å²) in [6, 6.07) is 2.75. The van der Waals surface area contributed by atoms with Gasteiger partial charge in [0.2, 0.25) is 0 Å². The van der Waals surface area contributed by atoms with Crippen LogP contribution in [0, 0.1) is 0 Å². The van der Waals surface area contributed by atoms with Gasteiger partial charge < -0.3 is 4.90 Å². The maximum atomic E-state index is 14.0. The fourth-order valence-electron chi connectivity index (χ4n) is 1.76. The molecule has 2 atom stereocenters. The second-order valence-electron chi connectivity index (χ2n) is 6.54. The van der Waals surface area contributed by atoms with E-state index in [1.54, 1.807) is 19.0 Å². The van der Waals surface area contributed by atoms with Crippen molar-refractivity contribution < 1.29 is 26.2 Å². The number of anilines is 1. The summed E-state index contributed by atoms with van der Waals surface area (Å²) in [5.41, 5.74) is 0.352. The largest absolute Gasteiger partial charge is 0.455 e. The molecule has 1 aromatic carbocycles. The van der Waals surface area contributed by atoms with E-state index >= 15 is 0 Å². The number of rotatable bonds is 5. The summed E-state index contributed by atoms with van der Waals surface area (Å²) >= 11 is 0. The Balaban J connectivity index is 3.30. The first-order valence-electron chi connectivity index (χ1n) is 7.08. The first-order chi connectivity index (χ1) is 10.7. The number of benzene rings is 1. The van der Waals surface area contributed by atoms with Crippen LogP contribution in [0.1, 0.15) is 32.4 Å². The lowest BCUT2D eigenvalue weighted by Crippen LogP contribution is -2.50. The molecule has 0 amide bonds. The monoisotopic (exact) mass is 372 g/mol. The van der Waals surface area contributed by atoms with Crippen LogP contribution in [0.4, 0.5) is 27.6 Å². The van der Waals surface area contributed by atoms with Gasteiger partial charge >= 0.3 is 12.1 Å². The van der Waals surface area contributed by atoms with E-state index < -0.39 is 33.9 Å². The van der Waals surface area contributed by atoms with E-state index in [2.05, 4.69) is 0 Å². The highest BCUT2D eigenvalue weighted by molar-refractivity contribution is 7.84. The third-order valence-corrected chi connectivity index (χ3v) is 4.83. The van der Waals surface area contributed by atoms with E-state index in [0.29, 0.717) is 5.69 Å². The van der Waals surface area contributed by atoms with Crippen molar-refractivity contribution in [2.75, 3.05) is 19.0 Å².